The molecular formula is C28H74N6O4S. The summed E-state index contributed by atoms with van der Waals surface area (Å²) in [5.41, 5.74) is 0. The summed E-state index contributed by atoms with van der Waals surface area (Å²) in [7, 11) is 10.2. The molecule has 0 spiro atoms. The summed E-state index contributed by atoms with van der Waals surface area (Å²) in [6.45, 7) is 21.4. The van der Waals surface area contributed by atoms with Gasteiger partial charge >= 0.3 is 0 Å². The molecule has 0 atom stereocenters. The van der Waals surface area contributed by atoms with Crippen molar-refractivity contribution in [2.45, 2.75) is 83.1 Å². The van der Waals surface area contributed by atoms with E-state index in [-0.39, 0.29) is 26.7 Å². The molecule has 0 aliphatic carbocycles. The Kier molecular flexibility index (Phi) is 64.6. The number of rotatable bonds is 9. The van der Waals surface area contributed by atoms with Gasteiger partial charge in [-0.2, -0.15) is 0 Å². The summed E-state index contributed by atoms with van der Waals surface area (Å²) >= 11 is 0. The van der Waals surface area contributed by atoms with E-state index in [4.69, 9.17) is 0 Å². The van der Waals surface area contributed by atoms with Crippen LogP contribution in [-0.4, -0.2) is 134 Å². The molecule has 0 aliphatic heterocycles. The third-order valence-corrected chi connectivity index (χ3v) is 6.04. The van der Waals surface area contributed by atoms with Crippen molar-refractivity contribution in [3.8, 4) is 0 Å². The summed E-state index contributed by atoms with van der Waals surface area (Å²) in [6, 6.07) is 0. The van der Waals surface area contributed by atoms with Crippen molar-refractivity contribution < 1.29 is 18.0 Å². The molecular weight excluding hydrogens is 516 g/mol. The van der Waals surface area contributed by atoms with Crippen LogP contribution in [0.2, 0.25) is 0 Å². The average molecular weight is 591 g/mol. The minimum absolute atomic E-state index is 0. The number of hydrogen-bond acceptors (Lipinski definition) is 7. The Labute approximate surface area is 247 Å². The SMILES string of the molecule is C.C.CCCN(C)CC.CCCNC.CCN(C)C.CCN(C)C(C)=O.CCN(C)S(C)(=O)=O.CNC(C)=O. The van der Waals surface area contributed by atoms with Gasteiger partial charge in [-0.3, -0.25) is 9.59 Å². The molecule has 0 fully saturated rings. The standard InChI is InChI=1S/C6H15N.C5H11NO.C4H11NO2S.2C4H11N.C3H7NO.2CH4/c1-4-6-7(3)5-2;1-4-6(3)5(2)7;1-4-5(2)8(3,6)7;1-4-5(2)3;1-3-4-5-2;1-3(5)4-2;;/h4-6H2,1-3H3;4H2,1-3H3;4H2,1-3H3;4H2,1-3H3;5H,3-4H2,1-2H3;1-2H3,(H,4,5);2*1H4. The van der Waals surface area contributed by atoms with E-state index in [1.807, 2.05) is 14.0 Å². The highest BCUT2D eigenvalue weighted by molar-refractivity contribution is 7.88. The Balaban J connectivity index is -0.0000000493. The topological polar surface area (TPSA) is 105 Å². The van der Waals surface area contributed by atoms with E-state index in [2.05, 4.69) is 69.3 Å². The lowest BCUT2D eigenvalue weighted by Gasteiger charge is -2.10. The van der Waals surface area contributed by atoms with E-state index in [0.29, 0.717) is 6.54 Å². The van der Waals surface area contributed by atoms with Gasteiger partial charge in [-0.05, 0) is 74.1 Å². The molecule has 0 bridgehead atoms. The Morgan fingerprint density at radius 1 is 0.718 bits per heavy atom. The normalized spacial score (nSPS) is 9.10. The maximum Gasteiger partial charge on any atom is 0.219 e. The van der Waals surface area contributed by atoms with Gasteiger partial charge in [-0.1, -0.05) is 49.5 Å². The molecule has 0 aromatic heterocycles. The molecule has 0 aromatic rings. The zero-order valence-corrected chi connectivity index (χ0v) is 28.3. The maximum atomic E-state index is 10.5. The zero-order valence-electron chi connectivity index (χ0n) is 27.5. The minimum atomic E-state index is -2.92. The van der Waals surface area contributed by atoms with Crippen molar-refractivity contribution in [1.82, 2.24) is 29.6 Å². The quantitative estimate of drug-likeness (QED) is 0.419. The van der Waals surface area contributed by atoms with Gasteiger partial charge in [0.2, 0.25) is 21.8 Å². The second-order valence-electron chi connectivity index (χ2n) is 8.41. The first-order valence-electron chi connectivity index (χ1n) is 13.2. The second-order valence-corrected chi connectivity index (χ2v) is 10.5. The van der Waals surface area contributed by atoms with Crippen molar-refractivity contribution in [3.63, 3.8) is 0 Å². The van der Waals surface area contributed by atoms with Gasteiger partial charge in [0.25, 0.3) is 0 Å². The van der Waals surface area contributed by atoms with Crippen LogP contribution in [0.15, 0.2) is 0 Å². The van der Waals surface area contributed by atoms with E-state index in [0.717, 1.165) is 19.6 Å². The first kappa shape index (κ1) is 57.6. The third-order valence-electron chi connectivity index (χ3n) is 4.65. The van der Waals surface area contributed by atoms with Gasteiger partial charge < -0.3 is 25.3 Å². The molecule has 2 N–H and O–H groups in total. The van der Waals surface area contributed by atoms with E-state index in [1.165, 1.54) is 43.4 Å². The number of carbonyl (C=O) groups is 2. The Bertz CT molecular complexity index is 560. The van der Waals surface area contributed by atoms with Crippen molar-refractivity contribution in [1.29, 1.82) is 0 Å². The van der Waals surface area contributed by atoms with Crippen LogP contribution in [0.4, 0.5) is 0 Å². The molecule has 0 aromatic carbocycles. The summed E-state index contributed by atoms with van der Waals surface area (Å²) in [6.07, 6.45) is 3.69. The monoisotopic (exact) mass is 591 g/mol. The van der Waals surface area contributed by atoms with Gasteiger partial charge in [0, 0.05) is 48.1 Å². The second kappa shape index (κ2) is 43.8. The molecule has 0 radical (unpaired) electrons. The van der Waals surface area contributed by atoms with E-state index >= 15 is 0 Å². The largest absolute Gasteiger partial charge is 0.359 e. The van der Waals surface area contributed by atoms with Crippen LogP contribution < -0.4 is 10.6 Å². The summed E-state index contributed by atoms with van der Waals surface area (Å²) in [4.78, 5) is 26.1. The molecule has 246 valence electrons. The number of nitrogens with zero attached hydrogens (tertiary/aromatic N) is 4. The van der Waals surface area contributed by atoms with Crippen LogP contribution in [0.1, 0.15) is 83.1 Å². The summed E-state index contributed by atoms with van der Waals surface area (Å²) in [5.74, 6) is 0.132. The van der Waals surface area contributed by atoms with Crippen LogP contribution in [0.25, 0.3) is 0 Å². The summed E-state index contributed by atoms with van der Waals surface area (Å²) in [5, 5.41) is 5.41. The van der Waals surface area contributed by atoms with Gasteiger partial charge in [0.05, 0.1) is 6.26 Å². The highest BCUT2D eigenvalue weighted by Crippen LogP contribution is 1.88. The van der Waals surface area contributed by atoms with Crippen LogP contribution in [0.3, 0.4) is 0 Å². The number of carbonyl (C=O) groups excluding carboxylic acids is 2. The fraction of sp³-hybridized carbons (Fsp3) is 0.929. The van der Waals surface area contributed by atoms with Gasteiger partial charge in [-0.25, -0.2) is 12.7 Å². The van der Waals surface area contributed by atoms with Crippen LogP contribution >= 0.6 is 0 Å². The van der Waals surface area contributed by atoms with Crippen molar-refractivity contribution in [3.05, 3.63) is 0 Å². The number of nitrogens with one attached hydrogen (secondary N) is 2. The van der Waals surface area contributed by atoms with Gasteiger partial charge in [-0.15, -0.1) is 0 Å². The minimum Gasteiger partial charge on any atom is -0.359 e. The number of hydrogen-bond donors (Lipinski definition) is 2. The molecule has 10 nitrogen and oxygen atoms in total. The fourth-order valence-electron chi connectivity index (χ4n) is 1.25. The average Bonchev–Trinajstić information content (AvgIpc) is 2.84. The maximum absolute atomic E-state index is 10.5. The van der Waals surface area contributed by atoms with E-state index < -0.39 is 10.0 Å². The lowest BCUT2D eigenvalue weighted by atomic mass is 10.4. The van der Waals surface area contributed by atoms with Crippen molar-refractivity contribution >= 4 is 21.8 Å². The first-order valence-corrected chi connectivity index (χ1v) is 15.1. The number of amides is 2. The van der Waals surface area contributed by atoms with E-state index in [1.54, 1.807) is 39.9 Å². The summed E-state index contributed by atoms with van der Waals surface area (Å²) < 4.78 is 22.3. The molecule has 0 saturated carbocycles. The zero-order chi connectivity index (χ0) is 31.0. The lowest BCUT2D eigenvalue weighted by molar-refractivity contribution is -0.127. The van der Waals surface area contributed by atoms with Crippen LogP contribution in [0.5, 0.6) is 0 Å². The highest BCUT2D eigenvalue weighted by Gasteiger charge is 2.05. The van der Waals surface area contributed by atoms with Gasteiger partial charge in [0.1, 0.15) is 0 Å². The highest BCUT2D eigenvalue weighted by atomic mass is 32.2. The van der Waals surface area contributed by atoms with Crippen LogP contribution in [-0.2, 0) is 19.6 Å². The smallest absolute Gasteiger partial charge is 0.219 e. The molecule has 39 heavy (non-hydrogen) atoms. The molecule has 2 amide bonds. The third kappa shape index (κ3) is 78.7. The molecule has 0 rings (SSSR count). The Morgan fingerprint density at radius 2 is 1.10 bits per heavy atom. The van der Waals surface area contributed by atoms with Crippen molar-refractivity contribution in [2.24, 2.45) is 0 Å². The molecule has 0 heterocycles. The predicted octanol–water partition coefficient (Wildman–Crippen LogP) is 3.94. The fourth-order valence-corrected chi connectivity index (χ4v) is 1.72. The molecule has 0 saturated heterocycles. The predicted molar refractivity (Wildman–Crippen MR) is 177 cm³/mol. The van der Waals surface area contributed by atoms with E-state index in [9.17, 15) is 18.0 Å². The van der Waals surface area contributed by atoms with Crippen LogP contribution in [0, 0.1) is 0 Å². The Morgan fingerprint density at radius 3 is 1.13 bits per heavy atom. The molecule has 0 aliphatic rings. The van der Waals surface area contributed by atoms with Crippen molar-refractivity contribution in [2.75, 3.05) is 94.9 Å². The first-order chi connectivity index (χ1) is 16.9. The number of sulfonamides is 1. The Hall–Kier alpha value is -1.27. The van der Waals surface area contributed by atoms with Gasteiger partial charge in [0.15, 0.2) is 0 Å². The lowest BCUT2D eigenvalue weighted by Crippen LogP contribution is -2.24. The molecule has 0 unspecified atom stereocenters. The molecule has 11 heteroatoms.